The molecule has 1 aromatic rings. The fourth-order valence-corrected chi connectivity index (χ4v) is 9.55. The molecule has 0 unspecified atom stereocenters. The summed E-state index contributed by atoms with van der Waals surface area (Å²) < 4.78 is 44.3. The number of oxime groups is 2. The summed E-state index contributed by atoms with van der Waals surface area (Å²) in [6.07, 6.45) is 11.3. The molecule has 1 aromatic carbocycles. The number of ether oxygens (including phenoxy) is 8. The number of hydrogen-bond acceptors (Lipinski definition) is 20. The third-order valence-corrected chi connectivity index (χ3v) is 14.0. The van der Waals surface area contributed by atoms with Crippen molar-refractivity contribution in [3.05, 3.63) is 30.3 Å². The molecule has 24 heteroatoms. The summed E-state index contributed by atoms with van der Waals surface area (Å²) in [6.45, 7) is 12.9. The van der Waals surface area contributed by atoms with Gasteiger partial charge in [-0.2, -0.15) is 23.5 Å². The molecule has 0 aliphatic carbocycles. The van der Waals surface area contributed by atoms with Gasteiger partial charge in [0, 0.05) is 80.6 Å². The van der Waals surface area contributed by atoms with Crippen LogP contribution in [-0.4, -0.2) is 221 Å². The highest BCUT2D eigenvalue weighted by molar-refractivity contribution is 8.76. The molecule has 444 valence electrons. The molecule has 3 N–H and O–H groups in total. The average Bonchev–Trinajstić information content (AvgIpc) is 3.42. The van der Waals surface area contributed by atoms with Crippen molar-refractivity contribution in [2.24, 2.45) is 10.3 Å². The number of nitrogens with zero attached hydrogens (tertiary/aromatic N) is 3. The summed E-state index contributed by atoms with van der Waals surface area (Å²) in [6, 6.07) is 10.1. The molecule has 0 saturated carbocycles. The number of carbonyl (C=O) groups is 4. The van der Waals surface area contributed by atoms with Crippen molar-refractivity contribution in [3.8, 4) is 0 Å². The molecular formula is C53H94N6O14S4. The summed E-state index contributed by atoms with van der Waals surface area (Å²) in [5, 5.41) is 17.1. The van der Waals surface area contributed by atoms with Crippen LogP contribution in [0.3, 0.4) is 0 Å². The molecular weight excluding hydrogens is 1070 g/mol. The number of nitrogens with one attached hydrogen (secondary N) is 3. The molecule has 0 bridgehead atoms. The molecule has 0 aliphatic rings. The van der Waals surface area contributed by atoms with E-state index in [-0.39, 0.29) is 75.9 Å². The van der Waals surface area contributed by atoms with Gasteiger partial charge < -0.3 is 68.4 Å². The lowest BCUT2D eigenvalue weighted by Crippen LogP contribution is -2.42. The van der Waals surface area contributed by atoms with E-state index in [9.17, 15) is 19.2 Å². The smallest absolute Gasteiger partial charge is 0.222 e. The number of unbranched alkanes of at least 4 members (excludes halogenated alkanes) is 2. The average molecular weight is 1170 g/mol. The van der Waals surface area contributed by atoms with Crippen LogP contribution >= 0.6 is 45.1 Å². The molecule has 0 heterocycles. The summed E-state index contributed by atoms with van der Waals surface area (Å²) in [5.41, 5.74) is 2.12. The van der Waals surface area contributed by atoms with Gasteiger partial charge in [0.25, 0.3) is 0 Å². The third-order valence-electron chi connectivity index (χ3n) is 10.4. The fourth-order valence-electron chi connectivity index (χ4n) is 6.49. The van der Waals surface area contributed by atoms with Crippen LogP contribution in [0.5, 0.6) is 0 Å². The Morgan fingerprint density at radius 1 is 0.468 bits per heavy atom. The van der Waals surface area contributed by atoms with Crippen LogP contribution in [0.15, 0.2) is 45.5 Å². The lowest BCUT2D eigenvalue weighted by Gasteiger charge is -2.23. The van der Waals surface area contributed by atoms with Crippen molar-refractivity contribution in [2.75, 3.05) is 181 Å². The first-order chi connectivity index (χ1) is 37.8. The van der Waals surface area contributed by atoms with E-state index < -0.39 is 0 Å². The lowest BCUT2D eigenvalue weighted by atomic mass is 10.1. The van der Waals surface area contributed by atoms with E-state index in [4.69, 9.17) is 47.6 Å². The highest BCUT2D eigenvalue weighted by atomic mass is 33.1. The molecule has 0 aliphatic heterocycles. The highest BCUT2D eigenvalue weighted by Gasteiger charge is 2.15. The van der Waals surface area contributed by atoms with Crippen molar-refractivity contribution in [2.45, 2.75) is 89.4 Å². The van der Waals surface area contributed by atoms with E-state index in [1.165, 1.54) is 0 Å². The van der Waals surface area contributed by atoms with Gasteiger partial charge in [-0.3, -0.25) is 19.2 Å². The topological polar surface area (TPSA) is 225 Å². The van der Waals surface area contributed by atoms with E-state index in [0.29, 0.717) is 137 Å². The zero-order chi connectivity index (χ0) is 55.8. The summed E-state index contributed by atoms with van der Waals surface area (Å²) in [4.78, 5) is 64.4. The van der Waals surface area contributed by atoms with E-state index in [2.05, 4.69) is 40.1 Å². The van der Waals surface area contributed by atoms with E-state index in [0.717, 1.165) is 66.3 Å². The Kier molecular flexibility index (Phi) is 52.8. The van der Waals surface area contributed by atoms with Crippen molar-refractivity contribution in [1.82, 2.24) is 20.9 Å². The van der Waals surface area contributed by atoms with Crippen LogP contribution < -0.4 is 16.0 Å². The predicted octanol–water partition coefficient (Wildman–Crippen LogP) is 6.54. The first-order valence-electron chi connectivity index (χ1n) is 27.2. The van der Waals surface area contributed by atoms with E-state index in [1.807, 2.05) is 42.8 Å². The molecule has 20 nitrogen and oxygen atoms in total. The molecule has 0 radical (unpaired) electrons. The number of hydrogen-bond donors (Lipinski definition) is 3. The van der Waals surface area contributed by atoms with Gasteiger partial charge in [0.05, 0.1) is 117 Å². The van der Waals surface area contributed by atoms with Crippen molar-refractivity contribution in [3.63, 3.8) is 0 Å². The predicted molar refractivity (Wildman–Crippen MR) is 313 cm³/mol. The maximum absolute atomic E-state index is 13.4. The summed E-state index contributed by atoms with van der Waals surface area (Å²) in [7, 11) is 3.31. The number of amides is 4. The van der Waals surface area contributed by atoms with E-state index in [1.54, 1.807) is 50.0 Å². The zero-order valence-electron chi connectivity index (χ0n) is 46.7. The summed E-state index contributed by atoms with van der Waals surface area (Å²) >= 11 is 3.46. The largest absolute Gasteiger partial charge is 0.393 e. The van der Waals surface area contributed by atoms with Crippen molar-refractivity contribution < 1.29 is 66.7 Å². The van der Waals surface area contributed by atoms with Crippen LogP contribution in [-0.2, 0) is 66.7 Å². The minimum Gasteiger partial charge on any atom is -0.393 e. The van der Waals surface area contributed by atoms with Crippen LogP contribution in [0.25, 0.3) is 0 Å². The molecule has 0 atom stereocenters. The monoisotopic (exact) mass is 1170 g/mol. The van der Waals surface area contributed by atoms with Crippen LogP contribution in [0.2, 0.25) is 0 Å². The quantitative estimate of drug-likeness (QED) is 0.0273. The molecule has 0 saturated heterocycles. The SMILES string of the molecule is CCC/C(CSC)=N/OCCOCCOCCOCCOCCC(=O)NCCN(CCNC(=O)CCOCCOCCOCCOCCO/N=C(\CCC)CSC)C(=O)CCCCCNC(=O)CCSSc1ccccc1. The number of benzene rings is 1. The van der Waals surface area contributed by atoms with Gasteiger partial charge in [-0.15, -0.1) is 0 Å². The van der Waals surface area contributed by atoms with Gasteiger partial charge in [0.2, 0.25) is 23.6 Å². The Bertz CT molecular complexity index is 1540. The number of carbonyl (C=O) groups excluding carboxylic acids is 4. The highest BCUT2D eigenvalue weighted by Crippen LogP contribution is 2.30. The Morgan fingerprint density at radius 2 is 0.870 bits per heavy atom. The second-order valence-electron chi connectivity index (χ2n) is 17.0. The lowest BCUT2D eigenvalue weighted by molar-refractivity contribution is -0.132. The van der Waals surface area contributed by atoms with Crippen LogP contribution in [0, 0.1) is 0 Å². The van der Waals surface area contributed by atoms with E-state index >= 15 is 0 Å². The zero-order valence-corrected chi connectivity index (χ0v) is 50.0. The Labute approximate surface area is 476 Å². The van der Waals surface area contributed by atoms with Crippen LogP contribution in [0.4, 0.5) is 0 Å². The van der Waals surface area contributed by atoms with Gasteiger partial charge in [0.15, 0.2) is 0 Å². The number of thioether (sulfide) groups is 2. The van der Waals surface area contributed by atoms with Crippen LogP contribution in [0.1, 0.15) is 84.5 Å². The first kappa shape index (κ1) is 72.1. The maximum Gasteiger partial charge on any atom is 0.222 e. The van der Waals surface area contributed by atoms with Gasteiger partial charge in [0.1, 0.15) is 13.2 Å². The minimum atomic E-state index is -0.194. The van der Waals surface area contributed by atoms with Crippen molar-refractivity contribution in [1.29, 1.82) is 0 Å². The minimum absolute atomic E-state index is 0.0165. The molecule has 0 aromatic heterocycles. The second kappa shape index (κ2) is 56.4. The fraction of sp³-hybridized carbons (Fsp3) is 0.774. The standard InChI is InChI=1S/C53H94N6O14S4/c1-5-13-47(45-74-3)57-72-42-40-70-38-36-68-34-32-66-30-28-64-26-18-50(60)55-22-24-59(53(63)17-11-8-12-21-54-52(62)20-44-76-77-49-15-9-7-10-16-49)25-23-56-51(61)19-27-65-29-31-67-33-35-69-37-39-71-41-43-73-58-48(14-6-2)46-75-4/h7,9-10,15-16H,5-6,8,11-14,17-46H2,1-4H3,(H,54,62)(H,55,60)(H,56,61)/b57-47-,58-48+. The molecule has 0 spiro atoms. The van der Waals surface area contributed by atoms with Gasteiger partial charge in [-0.05, 0) is 50.3 Å². The third kappa shape index (κ3) is 48.7. The van der Waals surface area contributed by atoms with Crippen molar-refractivity contribution >= 4 is 80.2 Å². The summed E-state index contributed by atoms with van der Waals surface area (Å²) in [5.74, 6) is 2.02. The number of rotatable bonds is 57. The van der Waals surface area contributed by atoms with Gasteiger partial charge in [-0.25, -0.2) is 0 Å². The Morgan fingerprint density at radius 3 is 1.30 bits per heavy atom. The Hall–Kier alpha value is -2.88. The van der Waals surface area contributed by atoms with Gasteiger partial charge in [-0.1, -0.05) is 83.2 Å². The molecule has 77 heavy (non-hydrogen) atoms. The normalized spacial score (nSPS) is 11.7. The maximum atomic E-state index is 13.4. The first-order valence-corrected chi connectivity index (χ1v) is 32.3. The van der Waals surface area contributed by atoms with Gasteiger partial charge >= 0.3 is 0 Å². The molecule has 4 amide bonds. The second-order valence-corrected chi connectivity index (χ2v) is 21.2. The molecule has 1 rings (SSSR count). The molecule has 0 fully saturated rings. The Balaban J connectivity index is 2.27.